The van der Waals surface area contributed by atoms with Crippen molar-refractivity contribution >= 4 is 16.7 Å². The smallest absolute Gasteiger partial charge is 0.305 e. The summed E-state index contributed by atoms with van der Waals surface area (Å²) in [6, 6.07) is 17.0. The first-order valence-electron chi connectivity index (χ1n) is 9.21. The maximum absolute atomic E-state index is 11.4. The molecule has 0 saturated heterocycles. The van der Waals surface area contributed by atoms with Crippen molar-refractivity contribution in [1.82, 2.24) is 9.88 Å². The van der Waals surface area contributed by atoms with Gasteiger partial charge in [-0.2, -0.15) is 0 Å². The van der Waals surface area contributed by atoms with E-state index in [4.69, 9.17) is 4.74 Å². The Morgan fingerprint density at radius 1 is 1.04 bits per heavy atom. The van der Waals surface area contributed by atoms with Crippen LogP contribution in [0.3, 0.4) is 0 Å². The summed E-state index contributed by atoms with van der Waals surface area (Å²) in [6.07, 6.45) is 3.76. The lowest BCUT2D eigenvalue weighted by molar-refractivity contribution is -0.140. The second-order valence-electron chi connectivity index (χ2n) is 7.12. The molecule has 0 N–H and O–H groups in total. The summed E-state index contributed by atoms with van der Waals surface area (Å²) in [5.74, 6) is -0.176. The number of nitrogens with zero attached hydrogens (tertiary/aromatic N) is 2. The Morgan fingerprint density at radius 3 is 2.63 bits per heavy atom. The predicted octanol–water partition coefficient (Wildman–Crippen LogP) is 3.99. The van der Waals surface area contributed by atoms with Crippen molar-refractivity contribution in [3.8, 4) is 0 Å². The summed E-state index contributed by atoms with van der Waals surface area (Å²) < 4.78 is 4.73. The fraction of sp³-hybridized carbons (Fsp3) is 0.304. The van der Waals surface area contributed by atoms with Crippen molar-refractivity contribution in [2.45, 2.75) is 25.8 Å². The van der Waals surface area contributed by atoms with E-state index in [2.05, 4.69) is 66.4 Å². The minimum Gasteiger partial charge on any atom is -0.469 e. The Morgan fingerprint density at radius 2 is 1.85 bits per heavy atom. The highest BCUT2D eigenvalue weighted by Gasteiger charge is 2.07. The van der Waals surface area contributed by atoms with Gasteiger partial charge in [0.25, 0.3) is 0 Å². The van der Waals surface area contributed by atoms with E-state index in [9.17, 15) is 4.79 Å². The number of carbonyl (C=O) groups excluding carboxylic acids is 1. The fourth-order valence-corrected chi connectivity index (χ4v) is 3.33. The summed E-state index contributed by atoms with van der Waals surface area (Å²) in [6.45, 7) is 0.926. The van der Waals surface area contributed by atoms with E-state index >= 15 is 0 Å². The van der Waals surface area contributed by atoms with Crippen LogP contribution in [0.2, 0.25) is 0 Å². The average molecular weight is 362 g/mol. The molecule has 0 saturated carbocycles. The zero-order valence-electron chi connectivity index (χ0n) is 16.2. The van der Waals surface area contributed by atoms with E-state index < -0.39 is 0 Å². The molecule has 1 heterocycles. The molecule has 4 heteroatoms. The van der Waals surface area contributed by atoms with E-state index in [1.54, 1.807) is 0 Å². The van der Waals surface area contributed by atoms with E-state index in [1.807, 2.05) is 12.3 Å². The maximum Gasteiger partial charge on any atom is 0.305 e. The largest absolute Gasteiger partial charge is 0.469 e. The van der Waals surface area contributed by atoms with Crippen LogP contribution in [0.15, 0.2) is 54.7 Å². The summed E-state index contributed by atoms with van der Waals surface area (Å²) >= 11 is 0. The molecule has 0 aliphatic carbocycles. The van der Waals surface area contributed by atoms with Gasteiger partial charge in [0.05, 0.1) is 12.8 Å². The number of fused-ring (bicyclic) bond motifs is 1. The zero-order valence-corrected chi connectivity index (χ0v) is 16.2. The molecule has 0 bridgehead atoms. The summed E-state index contributed by atoms with van der Waals surface area (Å²) in [5.41, 5.74) is 4.73. The number of carbonyl (C=O) groups is 1. The Balaban J connectivity index is 1.81. The molecule has 0 fully saturated rings. The van der Waals surface area contributed by atoms with Gasteiger partial charge in [0, 0.05) is 31.0 Å². The molecule has 27 heavy (non-hydrogen) atoms. The minimum absolute atomic E-state index is 0.176. The van der Waals surface area contributed by atoms with E-state index in [0.717, 1.165) is 24.2 Å². The molecule has 0 aliphatic rings. The van der Waals surface area contributed by atoms with Crippen LogP contribution in [-0.2, 0) is 28.9 Å². The number of pyridine rings is 1. The number of benzene rings is 2. The zero-order chi connectivity index (χ0) is 19.2. The second kappa shape index (κ2) is 8.78. The van der Waals surface area contributed by atoms with Crippen LogP contribution in [0.4, 0.5) is 0 Å². The molecule has 0 amide bonds. The van der Waals surface area contributed by atoms with Crippen LogP contribution in [0.5, 0.6) is 0 Å². The molecule has 0 aliphatic heterocycles. The van der Waals surface area contributed by atoms with Crippen molar-refractivity contribution < 1.29 is 9.53 Å². The Labute approximate surface area is 160 Å². The van der Waals surface area contributed by atoms with E-state index in [0.29, 0.717) is 12.8 Å². The van der Waals surface area contributed by atoms with Gasteiger partial charge >= 0.3 is 5.97 Å². The molecule has 0 unspecified atom stereocenters. The first-order valence-corrected chi connectivity index (χ1v) is 9.21. The quantitative estimate of drug-likeness (QED) is 0.596. The van der Waals surface area contributed by atoms with Gasteiger partial charge in [0.1, 0.15) is 0 Å². The third kappa shape index (κ3) is 5.14. The predicted molar refractivity (Wildman–Crippen MR) is 109 cm³/mol. The van der Waals surface area contributed by atoms with Gasteiger partial charge in [0.15, 0.2) is 0 Å². The number of aryl methyl sites for hydroxylation is 1. The minimum atomic E-state index is -0.176. The monoisotopic (exact) mass is 362 g/mol. The Hall–Kier alpha value is -2.72. The molecule has 0 atom stereocenters. The van der Waals surface area contributed by atoms with Crippen LogP contribution in [0.25, 0.3) is 10.8 Å². The highest BCUT2D eigenvalue weighted by molar-refractivity contribution is 5.85. The van der Waals surface area contributed by atoms with Crippen molar-refractivity contribution in [3.63, 3.8) is 0 Å². The van der Waals surface area contributed by atoms with Crippen molar-refractivity contribution in [2.24, 2.45) is 0 Å². The first-order chi connectivity index (χ1) is 13.0. The fourth-order valence-electron chi connectivity index (χ4n) is 3.33. The van der Waals surface area contributed by atoms with Crippen LogP contribution in [-0.4, -0.2) is 37.1 Å². The number of rotatable bonds is 7. The maximum atomic E-state index is 11.4. The second-order valence-corrected chi connectivity index (χ2v) is 7.12. The van der Waals surface area contributed by atoms with Gasteiger partial charge in [-0.25, -0.2) is 0 Å². The normalized spacial score (nSPS) is 11.1. The Bertz CT molecular complexity index is 935. The molecule has 2 aromatic carbocycles. The number of esters is 1. The topological polar surface area (TPSA) is 42.4 Å². The van der Waals surface area contributed by atoms with Gasteiger partial charge < -0.3 is 9.64 Å². The molecule has 1 aromatic heterocycles. The molecule has 3 rings (SSSR count). The first kappa shape index (κ1) is 19.1. The molecule has 3 aromatic rings. The highest BCUT2D eigenvalue weighted by atomic mass is 16.5. The van der Waals surface area contributed by atoms with Gasteiger partial charge in [-0.1, -0.05) is 36.4 Å². The lowest BCUT2D eigenvalue weighted by Crippen LogP contribution is -2.10. The van der Waals surface area contributed by atoms with Crippen LogP contribution in [0.1, 0.15) is 28.8 Å². The third-order valence-electron chi connectivity index (χ3n) is 4.62. The van der Waals surface area contributed by atoms with Crippen molar-refractivity contribution in [1.29, 1.82) is 0 Å². The molecular weight excluding hydrogens is 336 g/mol. The molecular formula is C23H26N2O2. The van der Waals surface area contributed by atoms with Crippen molar-refractivity contribution in [2.75, 3.05) is 21.2 Å². The summed E-state index contributed by atoms with van der Waals surface area (Å²) in [7, 11) is 5.58. The van der Waals surface area contributed by atoms with Crippen molar-refractivity contribution in [3.05, 3.63) is 77.1 Å². The molecule has 140 valence electrons. The lowest BCUT2D eigenvalue weighted by Gasteiger charge is -2.12. The van der Waals surface area contributed by atoms with Crippen LogP contribution in [0, 0.1) is 0 Å². The van der Waals surface area contributed by atoms with Gasteiger partial charge in [-0.05, 0) is 54.7 Å². The number of aromatic nitrogens is 1. The lowest BCUT2D eigenvalue weighted by atomic mass is 9.99. The standard InChI is InChI=1S/C23H26N2O2/c1-25(2)16-19-7-9-21-20(14-19)11-12-24-22(21)15-18-6-4-5-17(13-18)8-10-23(26)27-3/h4-7,9,11-14H,8,10,15-16H2,1-3H3. The summed E-state index contributed by atoms with van der Waals surface area (Å²) in [5, 5.41) is 2.42. The third-order valence-corrected chi connectivity index (χ3v) is 4.62. The summed E-state index contributed by atoms with van der Waals surface area (Å²) in [4.78, 5) is 18.2. The number of hydrogen-bond donors (Lipinski definition) is 0. The van der Waals surface area contributed by atoms with Gasteiger partial charge in [-0.3, -0.25) is 9.78 Å². The van der Waals surface area contributed by atoms with E-state index in [-0.39, 0.29) is 5.97 Å². The molecule has 0 radical (unpaired) electrons. The van der Waals surface area contributed by atoms with Gasteiger partial charge in [0.2, 0.25) is 0 Å². The SMILES string of the molecule is COC(=O)CCc1cccc(Cc2nccc3cc(CN(C)C)ccc23)c1. The average Bonchev–Trinajstić information content (AvgIpc) is 2.66. The van der Waals surface area contributed by atoms with Gasteiger partial charge in [-0.15, -0.1) is 0 Å². The molecule has 0 spiro atoms. The molecule has 4 nitrogen and oxygen atoms in total. The number of methoxy groups -OCH3 is 1. The van der Waals surface area contributed by atoms with Crippen LogP contribution >= 0.6 is 0 Å². The Kier molecular flexibility index (Phi) is 6.20. The number of ether oxygens (including phenoxy) is 1. The van der Waals surface area contributed by atoms with E-state index in [1.165, 1.54) is 29.0 Å². The highest BCUT2D eigenvalue weighted by Crippen LogP contribution is 2.22. The van der Waals surface area contributed by atoms with Crippen LogP contribution < -0.4 is 0 Å². The number of hydrogen-bond acceptors (Lipinski definition) is 4.